The lowest BCUT2D eigenvalue weighted by Gasteiger charge is -2.37. The highest BCUT2D eigenvalue weighted by molar-refractivity contribution is 5.41. The summed E-state index contributed by atoms with van der Waals surface area (Å²) in [5.74, 6) is 0. The zero-order valence-corrected chi connectivity index (χ0v) is 13.1. The molecule has 1 saturated heterocycles. The maximum atomic E-state index is 10.9. The number of rotatable bonds is 3. The molecule has 1 aliphatic heterocycles. The zero-order chi connectivity index (χ0) is 15.9. The van der Waals surface area contributed by atoms with Crippen molar-refractivity contribution in [3.05, 3.63) is 47.7 Å². The molecule has 1 aliphatic rings. The third-order valence-corrected chi connectivity index (χ3v) is 4.48. The minimum atomic E-state index is -0.930. The standard InChI is InChI=1S/C16H20N6O/c1-12-3-4-15-18-13(10-22(15)8-12)9-21-6-2-5-16(23,11-21)14-7-17-20-19-14/h3-4,7-8,10,23H,2,5-6,9,11H2,1H3,(H,17,19,20)/t16-/m0/s1. The number of nitrogens with zero attached hydrogens (tertiary/aromatic N) is 5. The molecule has 0 aliphatic carbocycles. The van der Waals surface area contributed by atoms with E-state index in [0.29, 0.717) is 18.7 Å². The van der Waals surface area contributed by atoms with Crippen LogP contribution in [0.25, 0.3) is 5.65 Å². The summed E-state index contributed by atoms with van der Waals surface area (Å²) in [6.45, 7) is 4.29. The summed E-state index contributed by atoms with van der Waals surface area (Å²) in [5.41, 5.74) is 2.86. The second-order valence-corrected chi connectivity index (χ2v) is 6.41. The Hall–Kier alpha value is -2.25. The van der Waals surface area contributed by atoms with Crippen molar-refractivity contribution in [1.29, 1.82) is 0 Å². The van der Waals surface area contributed by atoms with Crippen LogP contribution in [0.4, 0.5) is 0 Å². The Bertz CT molecular complexity index is 811. The van der Waals surface area contributed by atoms with E-state index in [1.807, 2.05) is 6.07 Å². The second kappa shape index (κ2) is 5.43. The molecule has 0 amide bonds. The van der Waals surface area contributed by atoms with Gasteiger partial charge in [0.25, 0.3) is 0 Å². The van der Waals surface area contributed by atoms with Crippen molar-refractivity contribution in [3.63, 3.8) is 0 Å². The number of aromatic amines is 1. The monoisotopic (exact) mass is 312 g/mol. The summed E-state index contributed by atoms with van der Waals surface area (Å²) < 4.78 is 2.05. The summed E-state index contributed by atoms with van der Waals surface area (Å²) in [6, 6.07) is 4.09. The lowest BCUT2D eigenvalue weighted by atomic mass is 9.90. The average molecular weight is 312 g/mol. The number of aromatic nitrogens is 5. The molecule has 0 unspecified atom stereocenters. The van der Waals surface area contributed by atoms with Crippen LogP contribution >= 0.6 is 0 Å². The molecule has 1 fully saturated rings. The highest BCUT2D eigenvalue weighted by Crippen LogP contribution is 2.30. The zero-order valence-electron chi connectivity index (χ0n) is 13.1. The Balaban J connectivity index is 1.53. The van der Waals surface area contributed by atoms with E-state index >= 15 is 0 Å². The lowest BCUT2D eigenvalue weighted by molar-refractivity contribution is -0.0416. The Morgan fingerprint density at radius 1 is 1.35 bits per heavy atom. The lowest BCUT2D eigenvalue weighted by Crippen LogP contribution is -2.46. The van der Waals surface area contributed by atoms with E-state index < -0.39 is 5.60 Å². The Morgan fingerprint density at radius 3 is 3.09 bits per heavy atom. The number of nitrogens with one attached hydrogen (secondary N) is 1. The first-order valence-corrected chi connectivity index (χ1v) is 7.88. The minimum absolute atomic E-state index is 0.548. The van der Waals surface area contributed by atoms with Gasteiger partial charge in [-0.1, -0.05) is 6.07 Å². The maximum absolute atomic E-state index is 10.9. The predicted molar refractivity (Wildman–Crippen MR) is 84.7 cm³/mol. The van der Waals surface area contributed by atoms with E-state index in [1.54, 1.807) is 6.20 Å². The summed E-state index contributed by atoms with van der Waals surface area (Å²) in [4.78, 5) is 6.89. The fraction of sp³-hybridized carbons (Fsp3) is 0.438. The number of hydrogen-bond acceptors (Lipinski definition) is 5. The number of aliphatic hydroxyl groups is 1. The molecule has 7 heteroatoms. The van der Waals surface area contributed by atoms with Crippen molar-refractivity contribution in [1.82, 2.24) is 29.7 Å². The molecule has 4 heterocycles. The van der Waals surface area contributed by atoms with Crippen LogP contribution < -0.4 is 0 Å². The minimum Gasteiger partial charge on any atom is -0.382 e. The van der Waals surface area contributed by atoms with E-state index in [2.05, 4.69) is 55.1 Å². The van der Waals surface area contributed by atoms with Crippen molar-refractivity contribution in [2.75, 3.05) is 13.1 Å². The van der Waals surface area contributed by atoms with Crippen LogP contribution in [0.2, 0.25) is 0 Å². The van der Waals surface area contributed by atoms with Gasteiger partial charge >= 0.3 is 0 Å². The summed E-state index contributed by atoms with van der Waals surface area (Å²) in [6.07, 6.45) is 7.38. The Morgan fingerprint density at radius 2 is 2.26 bits per heavy atom. The average Bonchev–Trinajstić information content (AvgIpc) is 3.16. The third-order valence-electron chi connectivity index (χ3n) is 4.48. The smallest absolute Gasteiger partial charge is 0.137 e. The van der Waals surface area contributed by atoms with E-state index in [4.69, 9.17) is 0 Å². The molecule has 3 aromatic rings. The molecule has 0 radical (unpaired) electrons. The van der Waals surface area contributed by atoms with E-state index in [1.165, 1.54) is 5.56 Å². The van der Waals surface area contributed by atoms with Gasteiger partial charge in [0.1, 0.15) is 16.9 Å². The number of likely N-dealkylation sites (tertiary alicyclic amines) is 1. The summed E-state index contributed by atoms with van der Waals surface area (Å²) >= 11 is 0. The van der Waals surface area contributed by atoms with Crippen LogP contribution in [0.5, 0.6) is 0 Å². The van der Waals surface area contributed by atoms with Crippen LogP contribution in [0.1, 0.15) is 29.8 Å². The van der Waals surface area contributed by atoms with Crippen LogP contribution in [0, 0.1) is 6.92 Å². The number of pyridine rings is 1. The molecule has 23 heavy (non-hydrogen) atoms. The van der Waals surface area contributed by atoms with Crippen molar-refractivity contribution in [2.24, 2.45) is 0 Å². The molecule has 3 aromatic heterocycles. The summed E-state index contributed by atoms with van der Waals surface area (Å²) in [5, 5.41) is 21.3. The molecule has 0 spiro atoms. The Labute approximate surface area is 134 Å². The van der Waals surface area contributed by atoms with E-state index in [9.17, 15) is 5.11 Å². The van der Waals surface area contributed by atoms with Gasteiger partial charge in [0.15, 0.2) is 0 Å². The number of aryl methyl sites for hydroxylation is 1. The maximum Gasteiger partial charge on any atom is 0.137 e. The number of H-pyrrole nitrogens is 1. The first-order chi connectivity index (χ1) is 11.1. The number of fused-ring (bicyclic) bond motifs is 1. The SMILES string of the molecule is Cc1ccc2nc(CN3CCC[C@@](O)(c4cn[nH]n4)C3)cn2c1. The first-order valence-electron chi connectivity index (χ1n) is 7.88. The molecule has 0 bridgehead atoms. The van der Waals surface area contributed by atoms with Gasteiger partial charge in [0.05, 0.1) is 11.9 Å². The van der Waals surface area contributed by atoms with E-state index in [-0.39, 0.29) is 0 Å². The molecule has 2 N–H and O–H groups in total. The van der Waals surface area contributed by atoms with Gasteiger partial charge in [0, 0.05) is 25.5 Å². The molecular weight excluding hydrogens is 292 g/mol. The second-order valence-electron chi connectivity index (χ2n) is 6.41. The number of β-amino-alcohol motifs (C(OH)–C–C–N with tert-alkyl or cyclic N) is 1. The van der Waals surface area contributed by atoms with Gasteiger partial charge in [-0.3, -0.25) is 4.90 Å². The molecule has 4 rings (SSSR count). The van der Waals surface area contributed by atoms with Crippen LogP contribution in [-0.4, -0.2) is 47.9 Å². The van der Waals surface area contributed by atoms with Crippen LogP contribution in [0.15, 0.2) is 30.7 Å². The van der Waals surface area contributed by atoms with Crippen molar-refractivity contribution in [2.45, 2.75) is 31.9 Å². The summed E-state index contributed by atoms with van der Waals surface area (Å²) in [7, 11) is 0. The van der Waals surface area contributed by atoms with Crippen LogP contribution in [-0.2, 0) is 12.1 Å². The number of piperidine rings is 1. The number of imidazole rings is 1. The normalized spacial score (nSPS) is 22.7. The molecule has 7 nitrogen and oxygen atoms in total. The largest absolute Gasteiger partial charge is 0.382 e. The Kier molecular flexibility index (Phi) is 3.39. The molecule has 120 valence electrons. The molecular formula is C16H20N6O. The topological polar surface area (TPSA) is 82.3 Å². The van der Waals surface area contributed by atoms with Gasteiger partial charge in [-0.2, -0.15) is 15.4 Å². The van der Waals surface area contributed by atoms with E-state index in [0.717, 1.165) is 30.9 Å². The van der Waals surface area contributed by atoms with Gasteiger partial charge in [-0.15, -0.1) is 0 Å². The third kappa shape index (κ3) is 2.73. The molecule has 0 saturated carbocycles. The van der Waals surface area contributed by atoms with Crippen molar-refractivity contribution in [3.8, 4) is 0 Å². The van der Waals surface area contributed by atoms with Gasteiger partial charge in [-0.25, -0.2) is 4.98 Å². The highest BCUT2D eigenvalue weighted by Gasteiger charge is 2.37. The van der Waals surface area contributed by atoms with Crippen molar-refractivity contribution >= 4 is 5.65 Å². The molecule has 0 aromatic carbocycles. The fourth-order valence-electron chi connectivity index (χ4n) is 3.35. The fourth-order valence-corrected chi connectivity index (χ4v) is 3.35. The predicted octanol–water partition coefficient (Wildman–Crippen LogP) is 1.24. The molecule has 1 atom stereocenters. The quantitative estimate of drug-likeness (QED) is 0.760. The number of hydrogen-bond donors (Lipinski definition) is 2. The first kappa shape index (κ1) is 14.3. The van der Waals surface area contributed by atoms with Crippen LogP contribution in [0.3, 0.4) is 0 Å². The van der Waals surface area contributed by atoms with Gasteiger partial charge < -0.3 is 9.51 Å². The van der Waals surface area contributed by atoms with Gasteiger partial charge in [-0.05, 0) is 37.9 Å². The van der Waals surface area contributed by atoms with Crippen molar-refractivity contribution < 1.29 is 5.11 Å². The van der Waals surface area contributed by atoms with Gasteiger partial charge in [0.2, 0.25) is 0 Å². The highest BCUT2D eigenvalue weighted by atomic mass is 16.3.